The van der Waals surface area contributed by atoms with Crippen molar-refractivity contribution in [3.63, 3.8) is 0 Å². The predicted octanol–water partition coefficient (Wildman–Crippen LogP) is 6.18. The SMILES string of the molecule is O=C([O-])[C@@H](N=C(c1ccccc1)c1cc(Cl)ccc1N=C([O-])[C@@H]1CCCN1Cc1ccccc1)C(c1ccccc1)c1ccccc1.[Ni+2]. The first kappa shape index (κ1) is 34.8. The van der Waals surface area contributed by atoms with Crippen molar-refractivity contribution in [2.75, 3.05) is 6.54 Å². The van der Waals surface area contributed by atoms with Gasteiger partial charge in [-0.3, -0.25) is 14.9 Å². The summed E-state index contributed by atoms with van der Waals surface area (Å²) in [7, 11) is 0. The van der Waals surface area contributed by atoms with Gasteiger partial charge in [-0.25, -0.2) is 0 Å². The van der Waals surface area contributed by atoms with Gasteiger partial charge in [0.05, 0.1) is 17.4 Å². The van der Waals surface area contributed by atoms with Crippen LogP contribution in [0, 0.1) is 0 Å². The molecule has 1 fully saturated rings. The van der Waals surface area contributed by atoms with E-state index >= 15 is 0 Å². The smallest absolute Gasteiger partial charge is 0.861 e. The zero-order valence-electron chi connectivity index (χ0n) is 26.1. The van der Waals surface area contributed by atoms with Gasteiger partial charge in [0, 0.05) is 34.7 Å². The second-order valence-electron chi connectivity index (χ2n) is 11.6. The summed E-state index contributed by atoms with van der Waals surface area (Å²) in [5.41, 5.74) is 4.58. The van der Waals surface area contributed by atoms with Gasteiger partial charge in [0.15, 0.2) is 0 Å². The van der Waals surface area contributed by atoms with Gasteiger partial charge in [0.2, 0.25) is 0 Å². The number of benzene rings is 5. The average Bonchev–Trinajstić information content (AvgIpc) is 3.57. The molecule has 1 saturated heterocycles. The van der Waals surface area contributed by atoms with E-state index in [-0.39, 0.29) is 28.4 Å². The van der Waals surface area contributed by atoms with Gasteiger partial charge >= 0.3 is 16.5 Å². The number of nitrogens with zero attached hydrogens (tertiary/aromatic N) is 3. The quantitative estimate of drug-likeness (QED) is 0.0937. The molecule has 0 saturated carbocycles. The molecule has 0 unspecified atom stereocenters. The van der Waals surface area contributed by atoms with Crippen LogP contribution in [0.4, 0.5) is 5.69 Å². The minimum Gasteiger partial charge on any atom is -0.861 e. The van der Waals surface area contributed by atoms with Crippen molar-refractivity contribution < 1.29 is 31.5 Å². The fraction of sp³-hybridized carbons (Fsp3) is 0.175. The second-order valence-corrected chi connectivity index (χ2v) is 12.1. The third-order valence-electron chi connectivity index (χ3n) is 8.51. The number of aliphatic carboxylic acids is 1. The molecule has 6 rings (SSSR count). The van der Waals surface area contributed by atoms with Crippen molar-refractivity contribution in [1.82, 2.24) is 4.90 Å². The van der Waals surface area contributed by atoms with E-state index in [2.05, 4.69) is 22.0 Å². The molecular formula is C40H34ClN3NiO3. The van der Waals surface area contributed by atoms with Crippen molar-refractivity contribution >= 4 is 34.9 Å². The number of halogens is 1. The van der Waals surface area contributed by atoms with Crippen molar-refractivity contribution in [2.24, 2.45) is 9.98 Å². The topological polar surface area (TPSA) is 91.1 Å². The van der Waals surface area contributed by atoms with Crippen molar-refractivity contribution in [3.8, 4) is 0 Å². The Bertz CT molecular complexity index is 1820. The van der Waals surface area contributed by atoms with Gasteiger partial charge in [-0.2, -0.15) is 0 Å². The monoisotopic (exact) mass is 697 g/mol. The normalized spacial score (nSPS) is 16.0. The van der Waals surface area contributed by atoms with Crippen molar-refractivity contribution in [2.45, 2.75) is 37.4 Å². The van der Waals surface area contributed by atoms with Crippen LogP contribution in [0.2, 0.25) is 5.02 Å². The summed E-state index contributed by atoms with van der Waals surface area (Å²) >= 11 is 6.56. The van der Waals surface area contributed by atoms with Crippen LogP contribution in [0.3, 0.4) is 0 Å². The van der Waals surface area contributed by atoms with Gasteiger partial charge in [-0.15, -0.1) is 0 Å². The first-order valence-electron chi connectivity index (χ1n) is 15.8. The number of carboxylic acid groups (broad SMARTS) is 1. The average molecular weight is 699 g/mol. The largest absolute Gasteiger partial charge is 2.00 e. The minimum atomic E-state index is -1.32. The zero-order chi connectivity index (χ0) is 32.6. The number of hydrogen-bond acceptors (Lipinski definition) is 6. The standard InChI is InChI=1S/C40H36ClN3O3.Ni/c41-32-23-24-34(42-39(45)35-22-13-25-44(35)27-28-14-5-1-6-15-28)33(26-32)37(31-20-11-4-12-21-31)43-38(40(46)47)36(29-16-7-2-8-17-29)30-18-9-3-10-19-30;/h1-12,14-21,23-24,26,35-36,38H,13,22,25,27H2,(H,42,45)(H,46,47);/q;+2/p-2/t35-,38-;/m0./s1. The minimum absolute atomic E-state index is 0. The summed E-state index contributed by atoms with van der Waals surface area (Å²) in [6.45, 7) is 1.46. The number of carboxylic acids is 1. The van der Waals surface area contributed by atoms with E-state index in [1.165, 1.54) is 0 Å². The molecule has 0 bridgehead atoms. The van der Waals surface area contributed by atoms with E-state index in [1.807, 2.05) is 109 Å². The number of likely N-dealkylation sites (tertiary alicyclic amines) is 1. The Morgan fingerprint density at radius 2 is 1.35 bits per heavy atom. The van der Waals surface area contributed by atoms with Crippen molar-refractivity contribution in [3.05, 3.63) is 172 Å². The summed E-state index contributed by atoms with van der Waals surface area (Å²) in [6, 6.07) is 41.7. The predicted molar refractivity (Wildman–Crippen MR) is 184 cm³/mol. The molecule has 0 spiro atoms. The van der Waals surface area contributed by atoms with E-state index in [0.29, 0.717) is 40.5 Å². The summed E-state index contributed by atoms with van der Waals surface area (Å²) < 4.78 is 0. The molecule has 2 atom stereocenters. The van der Waals surface area contributed by atoms with Crippen LogP contribution in [0.15, 0.2) is 150 Å². The van der Waals surface area contributed by atoms with Gasteiger partial charge in [0.1, 0.15) is 6.04 Å². The van der Waals surface area contributed by atoms with E-state index < -0.39 is 17.9 Å². The fourth-order valence-electron chi connectivity index (χ4n) is 6.28. The molecule has 0 aliphatic carbocycles. The van der Waals surface area contributed by atoms with E-state index in [4.69, 9.17) is 16.6 Å². The molecule has 244 valence electrons. The molecule has 0 radical (unpaired) electrons. The maximum atomic E-state index is 13.8. The summed E-state index contributed by atoms with van der Waals surface area (Å²) in [4.78, 5) is 24.8. The summed E-state index contributed by atoms with van der Waals surface area (Å²) in [6.07, 6.45) is 1.61. The molecule has 5 aromatic carbocycles. The summed E-state index contributed by atoms with van der Waals surface area (Å²) in [5.74, 6) is -2.22. The van der Waals surface area contributed by atoms with Gasteiger partial charge in [-0.1, -0.05) is 133 Å². The Kier molecular flexibility index (Phi) is 12.0. The molecule has 1 heterocycles. The van der Waals surface area contributed by atoms with Gasteiger partial charge in [-0.05, 0) is 60.2 Å². The molecule has 1 aliphatic heterocycles. The number of carbonyl (C=O) groups is 1. The molecular weight excluding hydrogens is 665 g/mol. The van der Waals surface area contributed by atoms with E-state index in [9.17, 15) is 15.0 Å². The second kappa shape index (κ2) is 16.5. The molecule has 48 heavy (non-hydrogen) atoms. The van der Waals surface area contributed by atoms with Crippen LogP contribution in [0.25, 0.3) is 0 Å². The first-order valence-corrected chi connectivity index (χ1v) is 16.1. The van der Waals surface area contributed by atoms with Crippen LogP contribution in [0.1, 0.15) is 46.6 Å². The van der Waals surface area contributed by atoms with E-state index in [1.54, 1.807) is 18.2 Å². The Hall–Kier alpha value is -4.55. The zero-order valence-corrected chi connectivity index (χ0v) is 27.8. The van der Waals surface area contributed by atoms with Crippen LogP contribution in [-0.2, 0) is 27.8 Å². The molecule has 0 amide bonds. The maximum Gasteiger partial charge on any atom is 2.00 e. The molecule has 5 aromatic rings. The third-order valence-corrected chi connectivity index (χ3v) is 8.75. The number of rotatable bonds is 11. The number of aliphatic imine (C=N–C) groups is 2. The Morgan fingerprint density at radius 3 is 1.94 bits per heavy atom. The van der Waals surface area contributed by atoms with Crippen LogP contribution in [0.5, 0.6) is 0 Å². The van der Waals surface area contributed by atoms with Gasteiger partial charge < -0.3 is 15.0 Å². The Labute approximate surface area is 296 Å². The first-order chi connectivity index (χ1) is 23.0. The third kappa shape index (κ3) is 8.29. The molecule has 6 nitrogen and oxygen atoms in total. The fourth-order valence-corrected chi connectivity index (χ4v) is 6.45. The molecule has 0 N–H and O–H groups in total. The van der Waals surface area contributed by atoms with Crippen LogP contribution in [-0.4, -0.2) is 41.1 Å². The van der Waals surface area contributed by atoms with Crippen LogP contribution >= 0.6 is 11.6 Å². The van der Waals surface area contributed by atoms with Crippen LogP contribution < -0.4 is 10.2 Å². The molecule has 0 aromatic heterocycles. The Balaban J connectivity index is 0.00000451. The maximum absolute atomic E-state index is 13.8. The number of carbonyl (C=O) groups excluding carboxylic acids is 1. The summed E-state index contributed by atoms with van der Waals surface area (Å²) in [5, 5.41) is 27.3. The number of hydrogen-bond donors (Lipinski definition) is 0. The molecule has 8 heteroatoms. The van der Waals surface area contributed by atoms with E-state index in [0.717, 1.165) is 29.7 Å². The Morgan fingerprint density at radius 1 is 0.792 bits per heavy atom. The van der Waals surface area contributed by atoms with Crippen molar-refractivity contribution in [1.29, 1.82) is 0 Å². The molecule has 1 aliphatic rings. The van der Waals surface area contributed by atoms with Gasteiger partial charge in [0.25, 0.3) is 0 Å².